The summed E-state index contributed by atoms with van der Waals surface area (Å²) in [5, 5.41) is 12.1. The van der Waals surface area contributed by atoms with E-state index in [2.05, 4.69) is 5.32 Å². The highest BCUT2D eigenvalue weighted by atomic mass is 16.3. The lowest BCUT2D eigenvalue weighted by Gasteiger charge is -2.34. The number of rotatable bonds is 3. The first-order chi connectivity index (χ1) is 11.6. The van der Waals surface area contributed by atoms with Crippen LogP contribution in [0.15, 0.2) is 18.2 Å². The van der Waals surface area contributed by atoms with E-state index < -0.39 is 0 Å². The molecule has 0 saturated heterocycles. The van der Waals surface area contributed by atoms with Gasteiger partial charge < -0.3 is 15.3 Å². The number of aliphatic hydroxyl groups is 1. The molecule has 2 amide bonds. The molecule has 5 nitrogen and oxygen atoms in total. The zero-order valence-corrected chi connectivity index (χ0v) is 14.3. The Balaban J connectivity index is 1.62. The monoisotopic (exact) mass is 330 g/mol. The summed E-state index contributed by atoms with van der Waals surface area (Å²) in [6.07, 6.45) is 6.23. The largest absolute Gasteiger partial charge is 0.396 e. The molecule has 2 N–H and O–H groups in total. The molecule has 130 valence electrons. The summed E-state index contributed by atoms with van der Waals surface area (Å²) in [6.45, 7) is 0.242. The van der Waals surface area contributed by atoms with Gasteiger partial charge in [0.1, 0.15) is 0 Å². The number of urea groups is 1. The van der Waals surface area contributed by atoms with Crippen LogP contribution < -0.4 is 5.32 Å². The summed E-state index contributed by atoms with van der Waals surface area (Å²) in [5.41, 5.74) is 2.52. The van der Waals surface area contributed by atoms with Crippen LogP contribution in [0, 0.1) is 5.92 Å². The van der Waals surface area contributed by atoms with Gasteiger partial charge in [0.2, 0.25) is 0 Å². The van der Waals surface area contributed by atoms with Crippen molar-refractivity contribution in [2.45, 2.75) is 51.0 Å². The van der Waals surface area contributed by atoms with E-state index in [1.807, 2.05) is 25.2 Å². The number of fused-ring (bicyclic) bond motifs is 1. The molecular formula is C19H26N2O3. The van der Waals surface area contributed by atoms with Crippen molar-refractivity contribution in [1.29, 1.82) is 0 Å². The van der Waals surface area contributed by atoms with Gasteiger partial charge in [-0.2, -0.15) is 0 Å². The molecule has 24 heavy (non-hydrogen) atoms. The second kappa shape index (κ2) is 7.34. The summed E-state index contributed by atoms with van der Waals surface area (Å²) in [6, 6.07) is 5.73. The molecule has 1 saturated carbocycles. The number of benzene rings is 1. The Kier molecular flexibility index (Phi) is 5.19. The van der Waals surface area contributed by atoms with Crippen molar-refractivity contribution in [2.75, 3.05) is 19.0 Å². The number of aliphatic hydroxyl groups excluding tert-OH is 1. The molecule has 0 bridgehead atoms. The Morgan fingerprint density at radius 1 is 1.25 bits per heavy atom. The van der Waals surface area contributed by atoms with Crippen LogP contribution >= 0.6 is 0 Å². The van der Waals surface area contributed by atoms with Crippen LogP contribution in [-0.2, 0) is 6.42 Å². The highest BCUT2D eigenvalue weighted by Crippen LogP contribution is 2.28. The fourth-order valence-corrected chi connectivity index (χ4v) is 3.80. The van der Waals surface area contributed by atoms with Crippen molar-refractivity contribution in [2.24, 2.45) is 5.92 Å². The third-order valence-corrected chi connectivity index (χ3v) is 5.45. The molecule has 0 unspecified atom stereocenters. The molecule has 0 atom stereocenters. The van der Waals surface area contributed by atoms with E-state index in [-0.39, 0.29) is 24.5 Å². The van der Waals surface area contributed by atoms with E-state index in [1.165, 1.54) is 0 Å². The molecule has 0 radical (unpaired) electrons. The first kappa shape index (κ1) is 17.0. The molecule has 0 aromatic heterocycles. The van der Waals surface area contributed by atoms with Gasteiger partial charge in [0.25, 0.3) is 0 Å². The summed E-state index contributed by atoms with van der Waals surface area (Å²) >= 11 is 0. The first-order valence-corrected chi connectivity index (χ1v) is 8.89. The average Bonchev–Trinajstić information content (AvgIpc) is 2.62. The van der Waals surface area contributed by atoms with Crippen molar-refractivity contribution in [1.82, 2.24) is 4.90 Å². The third-order valence-electron chi connectivity index (χ3n) is 5.45. The fourth-order valence-electron chi connectivity index (χ4n) is 3.80. The molecular weight excluding hydrogens is 304 g/mol. The molecule has 5 heteroatoms. The van der Waals surface area contributed by atoms with Crippen molar-refractivity contribution in [3.05, 3.63) is 29.3 Å². The van der Waals surface area contributed by atoms with Gasteiger partial charge in [0.15, 0.2) is 5.78 Å². The van der Waals surface area contributed by atoms with Crippen molar-refractivity contribution < 1.29 is 14.7 Å². The maximum absolute atomic E-state index is 12.5. The zero-order valence-electron chi connectivity index (χ0n) is 14.3. The van der Waals surface area contributed by atoms with Crippen LogP contribution in [0.4, 0.5) is 10.5 Å². The van der Waals surface area contributed by atoms with Gasteiger partial charge >= 0.3 is 6.03 Å². The van der Waals surface area contributed by atoms with Crippen molar-refractivity contribution >= 4 is 17.5 Å². The molecule has 1 fully saturated rings. The van der Waals surface area contributed by atoms with Gasteiger partial charge in [0.05, 0.1) is 0 Å². The maximum Gasteiger partial charge on any atom is 0.321 e. The molecule has 2 aliphatic carbocycles. The van der Waals surface area contributed by atoms with Gasteiger partial charge in [-0.25, -0.2) is 4.79 Å². The maximum atomic E-state index is 12.5. The average molecular weight is 330 g/mol. The number of hydrogen-bond donors (Lipinski definition) is 2. The molecule has 1 aromatic rings. The topological polar surface area (TPSA) is 69.6 Å². The quantitative estimate of drug-likeness (QED) is 0.894. The van der Waals surface area contributed by atoms with Gasteiger partial charge in [-0.05, 0) is 62.1 Å². The van der Waals surface area contributed by atoms with Gasteiger partial charge in [0, 0.05) is 37.4 Å². The highest BCUT2D eigenvalue weighted by molar-refractivity contribution is 6.00. The molecule has 0 heterocycles. The molecule has 0 spiro atoms. The number of hydrogen-bond acceptors (Lipinski definition) is 3. The van der Waals surface area contributed by atoms with E-state index in [0.717, 1.165) is 49.7 Å². The SMILES string of the molecule is CN(C(=O)Nc1ccc2c(c1)C(=O)CCC2)C1CCC(CO)CC1. The van der Waals surface area contributed by atoms with E-state index >= 15 is 0 Å². The number of Topliss-reactive ketones (excluding diaryl/α,β-unsaturated/α-hetero) is 1. The normalized spacial score (nSPS) is 23.5. The lowest BCUT2D eigenvalue weighted by molar-refractivity contribution is 0.0972. The lowest BCUT2D eigenvalue weighted by Crippen LogP contribution is -2.42. The van der Waals surface area contributed by atoms with Crippen LogP contribution in [0.2, 0.25) is 0 Å². The Hall–Kier alpha value is -1.88. The molecule has 1 aromatic carbocycles. The van der Waals surface area contributed by atoms with E-state index in [4.69, 9.17) is 0 Å². The fraction of sp³-hybridized carbons (Fsp3) is 0.579. The Morgan fingerprint density at radius 2 is 2.00 bits per heavy atom. The number of aryl methyl sites for hydroxylation is 1. The lowest BCUT2D eigenvalue weighted by atomic mass is 9.86. The molecule has 0 aliphatic heterocycles. The number of carbonyl (C=O) groups is 2. The smallest absolute Gasteiger partial charge is 0.321 e. The van der Waals surface area contributed by atoms with Gasteiger partial charge in [-0.1, -0.05) is 6.07 Å². The van der Waals surface area contributed by atoms with E-state index in [0.29, 0.717) is 18.0 Å². The first-order valence-electron chi connectivity index (χ1n) is 8.89. The Morgan fingerprint density at radius 3 is 2.71 bits per heavy atom. The van der Waals surface area contributed by atoms with Gasteiger partial charge in [-0.15, -0.1) is 0 Å². The number of nitrogens with zero attached hydrogens (tertiary/aromatic N) is 1. The Bertz CT molecular complexity index is 621. The number of amides is 2. The minimum absolute atomic E-state index is 0.134. The van der Waals surface area contributed by atoms with Crippen molar-refractivity contribution in [3.63, 3.8) is 0 Å². The predicted molar refractivity (Wildman–Crippen MR) is 93.3 cm³/mol. The van der Waals surface area contributed by atoms with Crippen LogP contribution in [0.5, 0.6) is 0 Å². The van der Waals surface area contributed by atoms with Gasteiger partial charge in [-0.3, -0.25) is 4.79 Å². The Labute approximate surface area is 143 Å². The predicted octanol–water partition coefficient (Wildman–Crippen LogP) is 3.22. The van der Waals surface area contributed by atoms with Crippen LogP contribution in [0.3, 0.4) is 0 Å². The summed E-state index contributed by atoms with van der Waals surface area (Å²) in [5.74, 6) is 0.549. The second-order valence-corrected chi connectivity index (χ2v) is 7.05. The zero-order chi connectivity index (χ0) is 17.1. The summed E-state index contributed by atoms with van der Waals surface area (Å²) < 4.78 is 0. The highest BCUT2D eigenvalue weighted by Gasteiger charge is 2.26. The number of ketones is 1. The van der Waals surface area contributed by atoms with Crippen LogP contribution in [0.25, 0.3) is 0 Å². The number of nitrogens with one attached hydrogen (secondary N) is 1. The van der Waals surface area contributed by atoms with Crippen molar-refractivity contribution in [3.8, 4) is 0 Å². The summed E-state index contributed by atoms with van der Waals surface area (Å²) in [7, 11) is 1.82. The van der Waals surface area contributed by atoms with Crippen LogP contribution in [0.1, 0.15) is 54.4 Å². The van der Waals surface area contributed by atoms with E-state index in [9.17, 15) is 14.7 Å². The minimum atomic E-state index is -0.134. The summed E-state index contributed by atoms with van der Waals surface area (Å²) in [4.78, 5) is 26.3. The molecule has 2 aliphatic rings. The second-order valence-electron chi connectivity index (χ2n) is 7.05. The molecule has 3 rings (SSSR count). The minimum Gasteiger partial charge on any atom is -0.396 e. The van der Waals surface area contributed by atoms with Crippen LogP contribution in [-0.4, -0.2) is 41.5 Å². The third kappa shape index (κ3) is 3.61. The number of carbonyl (C=O) groups excluding carboxylic acids is 2. The number of anilines is 1. The van der Waals surface area contributed by atoms with E-state index in [1.54, 1.807) is 4.90 Å². The standard InChI is InChI=1S/C19H26N2O3/c1-21(16-9-5-13(12-22)6-10-16)19(24)20-15-8-7-14-3-2-4-18(23)17(14)11-15/h7-8,11,13,16,22H,2-6,9-10,12H2,1H3,(H,20,24).